The Morgan fingerprint density at radius 3 is 2.90 bits per heavy atom. The van der Waals surface area contributed by atoms with Crippen molar-refractivity contribution in [2.45, 2.75) is 32.1 Å². The molecule has 4 rings (SSSR count). The van der Waals surface area contributed by atoms with Crippen LogP contribution in [-0.2, 0) is 7.05 Å². The third-order valence-electron chi connectivity index (χ3n) is 5.59. The SMILES string of the molecule is Cn1cc(C(=O)CC2CC3CCC2C3)c2ccc(Cl)cc21. The summed E-state index contributed by atoms with van der Waals surface area (Å²) in [7, 11) is 1.98. The number of halogens is 1. The van der Waals surface area contributed by atoms with Crippen molar-refractivity contribution in [1.82, 2.24) is 4.57 Å². The molecule has 1 aromatic heterocycles. The Bertz CT molecular complexity index is 717. The van der Waals surface area contributed by atoms with Crippen molar-refractivity contribution < 1.29 is 4.79 Å². The van der Waals surface area contributed by atoms with E-state index in [0.717, 1.165) is 39.7 Å². The summed E-state index contributed by atoms with van der Waals surface area (Å²) >= 11 is 6.06. The van der Waals surface area contributed by atoms with Gasteiger partial charge in [-0.15, -0.1) is 0 Å². The van der Waals surface area contributed by atoms with Gasteiger partial charge in [0.1, 0.15) is 0 Å². The number of carbonyl (C=O) groups excluding carboxylic acids is 1. The van der Waals surface area contributed by atoms with Crippen molar-refractivity contribution in [1.29, 1.82) is 0 Å². The largest absolute Gasteiger partial charge is 0.350 e. The molecule has 0 saturated heterocycles. The van der Waals surface area contributed by atoms with Crippen LogP contribution in [0.4, 0.5) is 0 Å². The summed E-state index contributed by atoms with van der Waals surface area (Å²) in [5.41, 5.74) is 1.91. The number of aromatic nitrogens is 1. The van der Waals surface area contributed by atoms with Gasteiger partial charge in [-0.25, -0.2) is 0 Å². The van der Waals surface area contributed by atoms with Gasteiger partial charge in [0, 0.05) is 41.2 Å². The van der Waals surface area contributed by atoms with Crippen LogP contribution in [0.3, 0.4) is 0 Å². The van der Waals surface area contributed by atoms with E-state index < -0.39 is 0 Å². The lowest BCUT2D eigenvalue weighted by Crippen LogP contribution is -2.15. The minimum Gasteiger partial charge on any atom is -0.350 e. The molecule has 0 N–H and O–H groups in total. The monoisotopic (exact) mass is 301 g/mol. The molecule has 3 heteroatoms. The van der Waals surface area contributed by atoms with E-state index in [0.29, 0.717) is 11.7 Å². The number of ketones is 1. The van der Waals surface area contributed by atoms with E-state index >= 15 is 0 Å². The summed E-state index contributed by atoms with van der Waals surface area (Å²) in [5.74, 6) is 2.64. The third-order valence-corrected chi connectivity index (χ3v) is 5.82. The van der Waals surface area contributed by atoms with Crippen LogP contribution < -0.4 is 0 Å². The van der Waals surface area contributed by atoms with Crippen LogP contribution in [0.15, 0.2) is 24.4 Å². The highest BCUT2D eigenvalue weighted by Crippen LogP contribution is 2.49. The molecule has 0 aliphatic heterocycles. The highest BCUT2D eigenvalue weighted by atomic mass is 35.5. The molecule has 0 spiro atoms. The number of benzene rings is 1. The first-order valence-electron chi connectivity index (χ1n) is 7.89. The number of fused-ring (bicyclic) bond motifs is 3. The molecule has 2 saturated carbocycles. The Kier molecular flexibility index (Phi) is 3.11. The second-order valence-corrected chi connectivity index (χ2v) is 7.31. The number of hydrogen-bond acceptors (Lipinski definition) is 1. The number of hydrogen-bond donors (Lipinski definition) is 0. The second-order valence-electron chi connectivity index (χ2n) is 6.88. The van der Waals surface area contributed by atoms with Crippen LogP contribution in [0.2, 0.25) is 5.02 Å². The summed E-state index contributed by atoms with van der Waals surface area (Å²) in [6.45, 7) is 0. The molecule has 2 aromatic rings. The van der Waals surface area contributed by atoms with E-state index in [4.69, 9.17) is 11.6 Å². The van der Waals surface area contributed by atoms with Gasteiger partial charge in [-0.2, -0.15) is 0 Å². The van der Waals surface area contributed by atoms with Gasteiger partial charge in [-0.05, 0) is 49.1 Å². The summed E-state index contributed by atoms with van der Waals surface area (Å²) in [6, 6.07) is 5.79. The lowest BCUT2D eigenvalue weighted by Gasteiger charge is -2.20. The Hall–Kier alpha value is -1.28. The fourth-order valence-electron chi connectivity index (χ4n) is 4.55. The minimum atomic E-state index is 0.306. The number of nitrogens with zero attached hydrogens (tertiary/aromatic N) is 1. The zero-order valence-electron chi connectivity index (χ0n) is 12.3. The van der Waals surface area contributed by atoms with Crippen molar-refractivity contribution in [3.05, 3.63) is 35.0 Å². The Morgan fingerprint density at radius 2 is 2.19 bits per heavy atom. The molecule has 21 heavy (non-hydrogen) atoms. The second kappa shape index (κ2) is 4.88. The van der Waals surface area contributed by atoms with Crippen molar-refractivity contribution in [2.24, 2.45) is 24.8 Å². The molecule has 3 unspecified atom stereocenters. The van der Waals surface area contributed by atoms with Crippen molar-refractivity contribution in [3.63, 3.8) is 0 Å². The van der Waals surface area contributed by atoms with E-state index in [2.05, 4.69) is 0 Å². The van der Waals surface area contributed by atoms with Gasteiger partial charge in [0.2, 0.25) is 0 Å². The van der Waals surface area contributed by atoms with Crippen LogP contribution in [0.25, 0.3) is 10.9 Å². The molecule has 1 aromatic carbocycles. The number of rotatable bonds is 3. The van der Waals surface area contributed by atoms with Gasteiger partial charge in [-0.1, -0.05) is 24.1 Å². The lowest BCUT2D eigenvalue weighted by atomic mass is 9.84. The zero-order chi connectivity index (χ0) is 14.6. The van der Waals surface area contributed by atoms with E-state index in [1.807, 2.05) is 36.0 Å². The molecule has 110 valence electrons. The smallest absolute Gasteiger partial charge is 0.165 e. The predicted molar refractivity (Wildman–Crippen MR) is 85.8 cm³/mol. The first-order valence-corrected chi connectivity index (χ1v) is 8.27. The maximum Gasteiger partial charge on any atom is 0.165 e. The maximum absolute atomic E-state index is 12.7. The average Bonchev–Trinajstić information content (AvgIpc) is 3.14. The molecule has 3 atom stereocenters. The lowest BCUT2D eigenvalue weighted by molar-refractivity contribution is 0.0946. The fourth-order valence-corrected chi connectivity index (χ4v) is 4.72. The molecule has 2 bridgehead atoms. The van der Waals surface area contributed by atoms with Gasteiger partial charge < -0.3 is 4.57 Å². The predicted octanol–water partition coefficient (Wildman–Crippen LogP) is 4.84. The third kappa shape index (κ3) is 2.20. The van der Waals surface area contributed by atoms with E-state index in [9.17, 15) is 4.79 Å². The van der Waals surface area contributed by atoms with Crippen LogP contribution >= 0.6 is 11.6 Å². The molecule has 0 amide bonds. The standard InChI is InChI=1S/C18H20ClNO/c1-20-10-16(15-5-4-14(19)9-17(15)20)18(21)8-13-7-11-2-3-12(13)6-11/h4-5,9-13H,2-3,6-8H2,1H3. The summed E-state index contributed by atoms with van der Waals surface area (Å²) in [4.78, 5) is 12.7. The molecule has 1 heterocycles. The molecule has 2 nitrogen and oxygen atoms in total. The Morgan fingerprint density at radius 1 is 1.33 bits per heavy atom. The van der Waals surface area contributed by atoms with Crippen LogP contribution in [0.1, 0.15) is 42.5 Å². The summed E-state index contributed by atoms with van der Waals surface area (Å²) in [5, 5.41) is 1.76. The molecule has 0 radical (unpaired) electrons. The number of carbonyl (C=O) groups is 1. The van der Waals surface area contributed by atoms with Gasteiger partial charge >= 0.3 is 0 Å². The van der Waals surface area contributed by atoms with Gasteiger partial charge in [0.05, 0.1) is 0 Å². The first kappa shape index (κ1) is 13.4. The molecular weight excluding hydrogens is 282 g/mol. The summed E-state index contributed by atoms with van der Waals surface area (Å²) in [6.07, 6.45) is 8.06. The molecule has 2 fully saturated rings. The van der Waals surface area contributed by atoms with Gasteiger partial charge in [0.15, 0.2) is 5.78 Å². The van der Waals surface area contributed by atoms with E-state index in [1.165, 1.54) is 25.7 Å². The van der Waals surface area contributed by atoms with E-state index in [-0.39, 0.29) is 0 Å². The molecule has 2 aliphatic carbocycles. The Labute approximate surface area is 130 Å². The quantitative estimate of drug-likeness (QED) is 0.743. The van der Waals surface area contributed by atoms with E-state index in [1.54, 1.807) is 0 Å². The van der Waals surface area contributed by atoms with Gasteiger partial charge in [0.25, 0.3) is 0 Å². The number of Topliss-reactive ketones (excluding diaryl/α,β-unsaturated/α-hetero) is 1. The zero-order valence-corrected chi connectivity index (χ0v) is 13.1. The minimum absolute atomic E-state index is 0.306. The van der Waals surface area contributed by atoms with Crippen LogP contribution in [0, 0.1) is 17.8 Å². The highest BCUT2D eigenvalue weighted by molar-refractivity contribution is 6.31. The van der Waals surface area contributed by atoms with Crippen LogP contribution in [-0.4, -0.2) is 10.4 Å². The fraction of sp³-hybridized carbons (Fsp3) is 0.500. The first-order chi connectivity index (χ1) is 10.1. The van der Waals surface area contributed by atoms with Crippen molar-refractivity contribution in [2.75, 3.05) is 0 Å². The normalized spacial score (nSPS) is 27.6. The maximum atomic E-state index is 12.7. The van der Waals surface area contributed by atoms with Crippen molar-refractivity contribution >= 4 is 28.3 Å². The number of aryl methyl sites for hydroxylation is 1. The Balaban J connectivity index is 1.62. The molecular formula is C18H20ClNO. The molecule has 2 aliphatic rings. The topological polar surface area (TPSA) is 22.0 Å². The van der Waals surface area contributed by atoms with Gasteiger partial charge in [-0.3, -0.25) is 4.79 Å². The summed E-state index contributed by atoms with van der Waals surface area (Å²) < 4.78 is 2.01. The average molecular weight is 302 g/mol. The van der Waals surface area contributed by atoms with Crippen molar-refractivity contribution in [3.8, 4) is 0 Å². The highest BCUT2D eigenvalue weighted by Gasteiger charge is 2.40. The van der Waals surface area contributed by atoms with Crippen LogP contribution in [0.5, 0.6) is 0 Å².